The van der Waals surface area contributed by atoms with Crippen LogP contribution in [0.15, 0.2) is 24.5 Å². The van der Waals surface area contributed by atoms with Gasteiger partial charge in [0.15, 0.2) is 0 Å². The lowest BCUT2D eigenvalue weighted by atomic mass is 10.2. The minimum absolute atomic E-state index is 0. The number of nitrogens with zero attached hydrogens (tertiary/aromatic N) is 2. The number of rotatable bonds is 3. The molecule has 0 bridgehead atoms. The number of fused-ring (bicyclic) bond motifs is 1. The summed E-state index contributed by atoms with van der Waals surface area (Å²) in [4.78, 5) is 16.4. The van der Waals surface area contributed by atoms with Gasteiger partial charge in [-0.05, 0) is 31.0 Å². The van der Waals surface area contributed by atoms with E-state index < -0.39 is 6.10 Å². The van der Waals surface area contributed by atoms with E-state index in [2.05, 4.69) is 10.3 Å². The van der Waals surface area contributed by atoms with Crippen molar-refractivity contribution in [2.75, 3.05) is 11.9 Å². The van der Waals surface area contributed by atoms with Gasteiger partial charge in [-0.25, -0.2) is 4.98 Å². The van der Waals surface area contributed by atoms with Crippen LogP contribution in [0.4, 0.5) is 5.69 Å². The molecule has 0 radical (unpaired) electrons. The number of aromatic nitrogens is 2. The van der Waals surface area contributed by atoms with Crippen LogP contribution in [-0.2, 0) is 16.6 Å². The zero-order chi connectivity index (χ0) is 14.1. The van der Waals surface area contributed by atoms with Crippen LogP contribution in [0.5, 0.6) is 0 Å². The summed E-state index contributed by atoms with van der Waals surface area (Å²) in [5.41, 5.74) is 8.17. The Hall–Kier alpha value is -1.34. The van der Waals surface area contributed by atoms with Crippen molar-refractivity contribution in [1.82, 2.24) is 9.55 Å². The van der Waals surface area contributed by atoms with E-state index >= 15 is 0 Å². The highest BCUT2D eigenvalue weighted by Crippen LogP contribution is 2.22. The summed E-state index contributed by atoms with van der Waals surface area (Å²) >= 11 is 0. The third-order valence-electron chi connectivity index (χ3n) is 3.66. The molecule has 1 aliphatic heterocycles. The molecule has 6 nitrogen and oxygen atoms in total. The Kier molecular flexibility index (Phi) is 6.62. The molecule has 3 N–H and O–H groups in total. The normalized spacial score (nSPS) is 20.3. The molecule has 0 saturated carbocycles. The van der Waals surface area contributed by atoms with Crippen molar-refractivity contribution in [2.24, 2.45) is 12.8 Å². The van der Waals surface area contributed by atoms with Gasteiger partial charge in [0.2, 0.25) is 0 Å². The molecular weight excluding hydrogens is 327 g/mol. The number of ether oxygens (including phenoxy) is 1. The number of nitrogens with two attached hydrogens (primary N) is 1. The third-order valence-corrected chi connectivity index (χ3v) is 3.66. The number of anilines is 1. The Bertz CT molecular complexity index is 647. The van der Waals surface area contributed by atoms with Gasteiger partial charge >= 0.3 is 0 Å². The van der Waals surface area contributed by atoms with Gasteiger partial charge in [0, 0.05) is 19.3 Å². The first-order valence-electron chi connectivity index (χ1n) is 6.75. The molecule has 0 unspecified atom stereocenters. The van der Waals surface area contributed by atoms with Crippen LogP contribution in [0.2, 0.25) is 0 Å². The lowest BCUT2D eigenvalue weighted by Gasteiger charge is -2.12. The smallest absolute Gasteiger partial charge is 0.253 e. The van der Waals surface area contributed by atoms with E-state index in [1.54, 1.807) is 6.33 Å². The molecule has 2 atom stereocenters. The summed E-state index contributed by atoms with van der Waals surface area (Å²) in [7, 11) is 1.94. The van der Waals surface area contributed by atoms with E-state index in [0.717, 1.165) is 29.6 Å². The Morgan fingerprint density at radius 1 is 1.45 bits per heavy atom. The number of benzene rings is 1. The van der Waals surface area contributed by atoms with Crippen molar-refractivity contribution in [1.29, 1.82) is 0 Å². The molecule has 1 aromatic carbocycles. The van der Waals surface area contributed by atoms with Gasteiger partial charge in [-0.3, -0.25) is 4.79 Å². The van der Waals surface area contributed by atoms with Gasteiger partial charge < -0.3 is 20.4 Å². The summed E-state index contributed by atoms with van der Waals surface area (Å²) in [6, 6.07) is 5.68. The lowest BCUT2D eigenvalue weighted by molar-refractivity contribution is -0.126. The predicted molar refractivity (Wildman–Crippen MR) is 90.8 cm³/mol. The summed E-state index contributed by atoms with van der Waals surface area (Å²) in [5.74, 6) is -0.115. The fourth-order valence-electron chi connectivity index (χ4n) is 2.51. The topological polar surface area (TPSA) is 82.2 Å². The molecule has 22 heavy (non-hydrogen) atoms. The monoisotopic (exact) mass is 346 g/mol. The fraction of sp³-hybridized carbons (Fsp3) is 0.429. The quantitative estimate of drug-likeness (QED) is 0.888. The third kappa shape index (κ3) is 3.70. The van der Waals surface area contributed by atoms with Gasteiger partial charge in [0.1, 0.15) is 6.10 Å². The van der Waals surface area contributed by atoms with E-state index in [1.807, 2.05) is 29.8 Å². The Labute approximate surface area is 141 Å². The molecule has 8 heteroatoms. The molecule has 1 amide bonds. The van der Waals surface area contributed by atoms with Gasteiger partial charge in [-0.2, -0.15) is 0 Å². The molecule has 0 spiro atoms. The Morgan fingerprint density at radius 2 is 2.23 bits per heavy atom. The maximum Gasteiger partial charge on any atom is 0.253 e. The summed E-state index contributed by atoms with van der Waals surface area (Å²) in [6.07, 6.45) is 2.92. The highest BCUT2D eigenvalue weighted by Gasteiger charge is 2.29. The standard InChI is InChI=1S/C14H18N4O2.2ClH/c1-18-8-16-11-6-9(2-4-12(11)18)17-14(19)13-5-3-10(7-15)20-13;;/h2,4,6,8,10,13H,3,5,7,15H2,1H3,(H,17,19);2*1H/t10-,13+;;/m1../s1. The molecule has 1 aromatic heterocycles. The molecule has 3 rings (SSSR count). The van der Waals surface area contributed by atoms with Crippen molar-refractivity contribution in [3.05, 3.63) is 24.5 Å². The van der Waals surface area contributed by atoms with Gasteiger partial charge in [0.25, 0.3) is 5.91 Å². The van der Waals surface area contributed by atoms with Crippen molar-refractivity contribution < 1.29 is 9.53 Å². The number of aryl methyl sites for hydroxylation is 1. The van der Waals surface area contributed by atoms with Crippen molar-refractivity contribution in [3.8, 4) is 0 Å². The highest BCUT2D eigenvalue weighted by atomic mass is 35.5. The number of nitrogens with one attached hydrogen (secondary N) is 1. The molecule has 122 valence electrons. The number of hydrogen-bond donors (Lipinski definition) is 2. The fourth-order valence-corrected chi connectivity index (χ4v) is 2.51. The lowest BCUT2D eigenvalue weighted by Crippen LogP contribution is -2.29. The van der Waals surface area contributed by atoms with E-state index in [-0.39, 0.29) is 36.8 Å². The predicted octanol–water partition coefficient (Wildman–Crippen LogP) is 1.86. The Morgan fingerprint density at radius 3 is 2.91 bits per heavy atom. The number of carbonyl (C=O) groups excluding carboxylic acids is 1. The minimum Gasteiger partial charge on any atom is -0.364 e. The zero-order valence-electron chi connectivity index (χ0n) is 12.2. The van der Waals surface area contributed by atoms with E-state index in [9.17, 15) is 4.79 Å². The number of hydrogen-bond acceptors (Lipinski definition) is 4. The second-order valence-electron chi connectivity index (χ2n) is 5.11. The molecule has 2 aromatic rings. The van der Waals surface area contributed by atoms with E-state index in [1.165, 1.54) is 0 Å². The summed E-state index contributed by atoms with van der Waals surface area (Å²) < 4.78 is 7.52. The average molecular weight is 347 g/mol. The van der Waals surface area contributed by atoms with Gasteiger partial charge in [0.05, 0.1) is 23.5 Å². The maximum atomic E-state index is 12.1. The number of amides is 1. The van der Waals surface area contributed by atoms with Crippen molar-refractivity contribution in [3.63, 3.8) is 0 Å². The zero-order valence-corrected chi connectivity index (χ0v) is 13.8. The molecule has 1 saturated heterocycles. The van der Waals surface area contributed by atoms with Crippen LogP contribution in [0, 0.1) is 0 Å². The first kappa shape index (κ1) is 18.7. The minimum atomic E-state index is -0.400. The number of carbonyl (C=O) groups is 1. The molecular formula is C14H20Cl2N4O2. The van der Waals surface area contributed by atoms with E-state index in [0.29, 0.717) is 6.54 Å². The van der Waals surface area contributed by atoms with Crippen LogP contribution in [-0.4, -0.2) is 34.2 Å². The number of imidazole rings is 1. The Balaban J connectivity index is 0.00000121. The van der Waals surface area contributed by atoms with Crippen LogP contribution in [0.1, 0.15) is 12.8 Å². The maximum absolute atomic E-state index is 12.1. The molecule has 2 heterocycles. The van der Waals surface area contributed by atoms with Crippen LogP contribution < -0.4 is 11.1 Å². The summed E-state index contributed by atoms with van der Waals surface area (Å²) in [6.45, 7) is 0.462. The van der Waals surface area contributed by atoms with Crippen LogP contribution in [0.25, 0.3) is 11.0 Å². The van der Waals surface area contributed by atoms with Gasteiger partial charge in [-0.15, -0.1) is 24.8 Å². The second-order valence-corrected chi connectivity index (χ2v) is 5.11. The first-order chi connectivity index (χ1) is 9.67. The van der Waals surface area contributed by atoms with Crippen molar-refractivity contribution in [2.45, 2.75) is 25.0 Å². The molecule has 1 aliphatic rings. The van der Waals surface area contributed by atoms with Crippen LogP contribution >= 0.6 is 24.8 Å². The summed E-state index contributed by atoms with van der Waals surface area (Å²) in [5, 5.41) is 2.88. The van der Waals surface area contributed by atoms with Gasteiger partial charge in [-0.1, -0.05) is 0 Å². The largest absolute Gasteiger partial charge is 0.364 e. The second kappa shape index (κ2) is 7.78. The van der Waals surface area contributed by atoms with Crippen molar-refractivity contribution >= 4 is 47.4 Å². The number of halogens is 2. The molecule has 0 aliphatic carbocycles. The first-order valence-corrected chi connectivity index (χ1v) is 6.75. The molecule has 1 fully saturated rings. The average Bonchev–Trinajstić information content (AvgIpc) is 3.06. The SMILES string of the molecule is Cl.Cl.Cn1cnc2cc(NC(=O)[C@@H]3CC[C@H](CN)O3)ccc21. The van der Waals surface area contributed by atoms with E-state index in [4.69, 9.17) is 10.5 Å². The van der Waals surface area contributed by atoms with Crippen LogP contribution in [0.3, 0.4) is 0 Å². The highest BCUT2D eigenvalue weighted by molar-refractivity contribution is 5.96.